The van der Waals surface area contributed by atoms with Gasteiger partial charge in [-0.05, 0) is 113 Å². The summed E-state index contributed by atoms with van der Waals surface area (Å²) in [6.07, 6.45) is 1.90. The summed E-state index contributed by atoms with van der Waals surface area (Å²) in [7, 11) is 1.68. The standard InChI is InChI=1S/C42H67NO13/c1-21-37(48)30(44)18-35(53-21)55-39-23(3)54-36(19-32(39)46)56-38-22(2)52-33(17-31(38)45)43(50-6)26-9-12-40(4)25(16-26)7-8-29-28(40)10-13-41(5)27(11-14-42(29,41)49)24-15-34(47)51-20-24/h15,21-23,25-33,35-39,44-46,48-49H,7-14,16-20H2,1-6H3/t21-,22-,23-,25?,26+,27-,28+,29?,30+,31+,32+,33-,35+,36+,37-,38-,39-,40+,41-,42+/m1/s1. The molecule has 7 fully saturated rings. The van der Waals surface area contributed by atoms with Crippen LogP contribution in [-0.2, 0) is 38.1 Å². The highest BCUT2D eigenvalue weighted by molar-refractivity contribution is 5.85. The lowest BCUT2D eigenvalue weighted by atomic mass is 9.43. The fraction of sp³-hybridized carbons (Fsp3) is 0.929. The zero-order valence-corrected chi connectivity index (χ0v) is 34.0. The molecule has 318 valence electrons. The van der Waals surface area contributed by atoms with Gasteiger partial charge in [-0.25, -0.2) is 4.79 Å². The maximum absolute atomic E-state index is 12.6. The van der Waals surface area contributed by atoms with Crippen molar-refractivity contribution in [3.05, 3.63) is 11.6 Å². The summed E-state index contributed by atoms with van der Waals surface area (Å²) in [5.74, 6) is 1.09. The Labute approximate surface area is 331 Å². The van der Waals surface area contributed by atoms with E-state index in [1.807, 2.05) is 12.0 Å². The van der Waals surface area contributed by atoms with Crippen molar-refractivity contribution in [3.63, 3.8) is 0 Å². The van der Waals surface area contributed by atoms with E-state index in [2.05, 4.69) is 13.8 Å². The Morgan fingerprint density at radius 2 is 1.41 bits per heavy atom. The van der Waals surface area contributed by atoms with E-state index in [-0.39, 0.29) is 53.9 Å². The SMILES string of the molecule is CON([C@H]1CC[C@@]2(C)C(CCC3[C@@H]2CC[C@]2(C)[C@@H](C4=CC(=O)OC4)CC[C@]32O)C1)[C@H]1C[C@H](O)[C@H](O[C@H]2C[C@H](O)[C@H](O[C@H]3C[C@H](O)[C@H](O)[C@@H](C)O3)[C@@H](C)O2)[C@@H](C)O1. The smallest absolute Gasteiger partial charge is 0.331 e. The lowest BCUT2D eigenvalue weighted by Crippen LogP contribution is -2.63. The van der Waals surface area contributed by atoms with Gasteiger partial charge in [0.2, 0.25) is 0 Å². The van der Waals surface area contributed by atoms with Crippen LogP contribution in [0.3, 0.4) is 0 Å². The van der Waals surface area contributed by atoms with Crippen LogP contribution >= 0.6 is 0 Å². The van der Waals surface area contributed by atoms with Crippen molar-refractivity contribution >= 4 is 5.97 Å². The number of hydrogen-bond donors (Lipinski definition) is 5. The van der Waals surface area contributed by atoms with Gasteiger partial charge in [0.25, 0.3) is 0 Å². The van der Waals surface area contributed by atoms with Crippen LogP contribution in [0.4, 0.5) is 0 Å². The number of rotatable bonds is 8. The zero-order valence-electron chi connectivity index (χ0n) is 34.0. The molecule has 5 N–H and O–H groups in total. The molecule has 0 aromatic heterocycles. The molecule has 4 aliphatic carbocycles. The van der Waals surface area contributed by atoms with E-state index < -0.39 is 79.3 Å². The molecule has 0 amide bonds. The number of nitrogens with zero attached hydrogens (tertiary/aromatic N) is 1. The Morgan fingerprint density at radius 3 is 2.04 bits per heavy atom. The fourth-order valence-corrected chi connectivity index (χ4v) is 13.3. The molecule has 0 aromatic carbocycles. The van der Waals surface area contributed by atoms with Crippen molar-refractivity contribution < 1.29 is 63.6 Å². The molecule has 4 heterocycles. The molecule has 0 radical (unpaired) electrons. The first-order chi connectivity index (χ1) is 26.6. The monoisotopic (exact) mass is 793 g/mol. The molecule has 8 aliphatic rings. The molecule has 14 heteroatoms. The van der Waals surface area contributed by atoms with E-state index in [9.17, 15) is 30.3 Å². The minimum Gasteiger partial charge on any atom is -0.458 e. The van der Waals surface area contributed by atoms with Crippen LogP contribution in [0.2, 0.25) is 0 Å². The van der Waals surface area contributed by atoms with Crippen LogP contribution in [0.25, 0.3) is 0 Å². The summed E-state index contributed by atoms with van der Waals surface area (Å²) < 4.78 is 36.0. The normalized spacial score (nSPS) is 53.5. The molecule has 4 aliphatic heterocycles. The molecule has 4 saturated carbocycles. The maximum Gasteiger partial charge on any atom is 0.331 e. The molecule has 3 saturated heterocycles. The van der Waals surface area contributed by atoms with Crippen molar-refractivity contribution in [2.24, 2.45) is 34.5 Å². The summed E-state index contributed by atoms with van der Waals surface area (Å²) in [4.78, 5) is 18.0. The van der Waals surface area contributed by atoms with E-state index >= 15 is 0 Å². The lowest BCUT2D eigenvalue weighted by molar-refractivity contribution is -0.345. The Balaban J connectivity index is 0.860. The van der Waals surface area contributed by atoms with Crippen LogP contribution < -0.4 is 0 Å². The van der Waals surface area contributed by atoms with Gasteiger partial charge in [-0.1, -0.05) is 13.8 Å². The van der Waals surface area contributed by atoms with Crippen LogP contribution in [0.15, 0.2) is 11.6 Å². The number of carbonyl (C=O) groups excluding carboxylic acids is 1. The highest BCUT2D eigenvalue weighted by Crippen LogP contribution is 2.70. The second kappa shape index (κ2) is 15.6. The lowest BCUT2D eigenvalue weighted by Gasteiger charge is -2.64. The van der Waals surface area contributed by atoms with Gasteiger partial charge < -0.3 is 54.0 Å². The topological polar surface area (TPSA) is 186 Å². The summed E-state index contributed by atoms with van der Waals surface area (Å²) in [6.45, 7) is 10.4. The van der Waals surface area contributed by atoms with Crippen molar-refractivity contribution in [2.75, 3.05) is 13.7 Å². The van der Waals surface area contributed by atoms with E-state index in [1.165, 1.54) is 0 Å². The summed E-state index contributed by atoms with van der Waals surface area (Å²) >= 11 is 0. The number of esters is 1. The molecule has 56 heavy (non-hydrogen) atoms. The third-order valence-electron chi connectivity index (χ3n) is 16.4. The van der Waals surface area contributed by atoms with Crippen molar-refractivity contribution in [3.8, 4) is 0 Å². The van der Waals surface area contributed by atoms with Crippen LogP contribution in [0, 0.1) is 34.5 Å². The third-order valence-corrected chi connectivity index (χ3v) is 16.4. The van der Waals surface area contributed by atoms with Gasteiger partial charge in [0.15, 0.2) is 12.6 Å². The van der Waals surface area contributed by atoms with Gasteiger partial charge in [0.1, 0.15) is 31.1 Å². The van der Waals surface area contributed by atoms with Gasteiger partial charge >= 0.3 is 5.97 Å². The number of cyclic esters (lactones) is 1. The predicted molar refractivity (Wildman–Crippen MR) is 199 cm³/mol. The first-order valence-corrected chi connectivity index (χ1v) is 21.5. The van der Waals surface area contributed by atoms with Crippen LogP contribution in [0.5, 0.6) is 0 Å². The van der Waals surface area contributed by atoms with Crippen molar-refractivity contribution in [1.82, 2.24) is 5.06 Å². The number of hydroxylamine groups is 2. The van der Waals surface area contributed by atoms with Crippen molar-refractivity contribution in [2.45, 2.75) is 197 Å². The Morgan fingerprint density at radius 1 is 0.750 bits per heavy atom. The molecule has 20 atom stereocenters. The highest BCUT2D eigenvalue weighted by atomic mass is 16.7. The summed E-state index contributed by atoms with van der Waals surface area (Å²) in [6, 6.07) is 0.117. The highest BCUT2D eigenvalue weighted by Gasteiger charge is 2.68. The van der Waals surface area contributed by atoms with E-state index in [1.54, 1.807) is 27.0 Å². The quantitative estimate of drug-likeness (QED) is 0.178. The van der Waals surface area contributed by atoms with E-state index in [4.69, 9.17) is 33.3 Å². The largest absolute Gasteiger partial charge is 0.458 e. The molecule has 0 aromatic rings. The van der Waals surface area contributed by atoms with Crippen LogP contribution in [-0.4, -0.2) is 136 Å². The first kappa shape index (κ1) is 41.5. The molecule has 8 rings (SSSR count). The zero-order chi connectivity index (χ0) is 39.9. The van der Waals surface area contributed by atoms with Crippen LogP contribution in [0.1, 0.15) is 112 Å². The Bertz CT molecular complexity index is 1430. The van der Waals surface area contributed by atoms with Gasteiger partial charge in [-0.3, -0.25) is 4.84 Å². The number of fused-ring (bicyclic) bond motifs is 5. The third kappa shape index (κ3) is 7.02. The van der Waals surface area contributed by atoms with Gasteiger partial charge in [-0.2, -0.15) is 5.06 Å². The second-order valence-corrected chi connectivity index (χ2v) is 19.2. The summed E-state index contributed by atoms with van der Waals surface area (Å²) in [5.41, 5.74) is 0.173. The Kier molecular flexibility index (Phi) is 11.6. The van der Waals surface area contributed by atoms with E-state index in [0.717, 1.165) is 63.4 Å². The average Bonchev–Trinajstić information content (AvgIpc) is 3.69. The number of ether oxygens (including phenoxy) is 6. The molecule has 0 bridgehead atoms. The minimum atomic E-state index is -1.000. The van der Waals surface area contributed by atoms with Gasteiger partial charge in [0, 0.05) is 36.8 Å². The Hall–Kier alpha value is -1.27. The molecular formula is C42H67NO13. The van der Waals surface area contributed by atoms with Gasteiger partial charge in [0.05, 0.1) is 49.3 Å². The molecule has 0 spiro atoms. The maximum atomic E-state index is 12.6. The summed E-state index contributed by atoms with van der Waals surface area (Å²) in [5, 5.41) is 57.3. The molecular weight excluding hydrogens is 726 g/mol. The number of carbonyl (C=O) groups is 1. The first-order valence-electron chi connectivity index (χ1n) is 21.5. The number of aliphatic hydroxyl groups is 5. The average molecular weight is 794 g/mol. The number of aliphatic hydroxyl groups excluding tert-OH is 4. The minimum absolute atomic E-state index is 0.0807. The second-order valence-electron chi connectivity index (χ2n) is 19.2. The van der Waals surface area contributed by atoms with Crippen molar-refractivity contribution in [1.29, 1.82) is 0 Å². The molecule has 2 unspecified atom stereocenters. The van der Waals surface area contributed by atoms with Gasteiger partial charge in [-0.15, -0.1) is 0 Å². The fourth-order valence-electron chi connectivity index (χ4n) is 13.3. The predicted octanol–water partition coefficient (Wildman–Crippen LogP) is 3.09. The number of hydrogen-bond acceptors (Lipinski definition) is 14. The van der Waals surface area contributed by atoms with E-state index in [0.29, 0.717) is 18.4 Å². The molecule has 14 nitrogen and oxygen atoms in total.